The number of carbonyl (C=O) groups excluding carboxylic acids is 1. The summed E-state index contributed by atoms with van der Waals surface area (Å²) in [6.45, 7) is 5.27. The number of halogens is 1. The molecule has 1 heterocycles. The third-order valence-corrected chi connectivity index (χ3v) is 4.96. The van der Waals surface area contributed by atoms with Crippen LogP contribution in [0.4, 0.5) is 0 Å². The Bertz CT molecular complexity index is 444. The predicted molar refractivity (Wildman–Crippen MR) is 92.4 cm³/mol. The van der Waals surface area contributed by atoms with Gasteiger partial charge in [0.15, 0.2) is 0 Å². The average molecular weight is 424 g/mol. The number of hydrogen-bond donors (Lipinski definition) is 3. The van der Waals surface area contributed by atoms with Crippen LogP contribution in [0.1, 0.15) is 40.0 Å². The maximum atomic E-state index is 12.0. The molecule has 5 atom stereocenters. The highest BCUT2D eigenvalue weighted by atomic mass is 127. The maximum Gasteiger partial charge on any atom is 0.309 e. The highest BCUT2D eigenvalue weighted by molar-refractivity contribution is 14.1. The molecule has 0 aliphatic carbocycles. The lowest BCUT2D eigenvalue weighted by molar-refractivity contribution is -0.151. The van der Waals surface area contributed by atoms with Crippen molar-refractivity contribution in [2.75, 3.05) is 0 Å². The molecule has 0 saturated heterocycles. The predicted octanol–water partition coefficient (Wildman–Crippen LogP) is 2.09. The number of ether oxygens (including phenoxy) is 1. The summed E-state index contributed by atoms with van der Waals surface area (Å²) in [6.07, 6.45) is 1.18. The van der Waals surface area contributed by atoms with E-state index in [0.717, 1.165) is 5.57 Å². The minimum absolute atomic E-state index is 0.117. The molecule has 0 unspecified atom stereocenters. The van der Waals surface area contributed by atoms with Gasteiger partial charge in [-0.05, 0) is 36.3 Å². The third kappa shape index (κ3) is 5.64. The van der Waals surface area contributed by atoms with Crippen molar-refractivity contribution < 1.29 is 24.9 Å². The highest BCUT2D eigenvalue weighted by Crippen LogP contribution is 2.25. The van der Waals surface area contributed by atoms with Gasteiger partial charge in [0.2, 0.25) is 0 Å². The van der Waals surface area contributed by atoms with Crippen molar-refractivity contribution in [3.63, 3.8) is 0 Å². The monoisotopic (exact) mass is 424 g/mol. The van der Waals surface area contributed by atoms with Gasteiger partial charge in [0.05, 0.1) is 18.1 Å². The second-order valence-electron chi connectivity index (χ2n) is 6.21. The van der Waals surface area contributed by atoms with Crippen molar-refractivity contribution in [2.24, 2.45) is 5.92 Å². The topological polar surface area (TPSA) is 87.0 Å². The molecule has 0 aromatic heterocycles. The molecule has 126 valence electrons. The molecule has 0 fully saturated rings. The molecule has 0 aromatic carbocycles. The van der Waals surface area contributed by atoms with Crippen LogP contribution in [0.3, 0.4) is 0 Å². The number of hydrogen-bond acceptors (Lipinski definition) is 5. The van der Waals surface area contributed by atoms with Gasteiger partial charge in [0, 0.05) is 5.92 Å². The first-order chi connectivity index (χ1) is 10.2. The van der Waals surface area contributed by atoms with Gasteiger partial charge >= 0.3 is 5.97 Å². The van der Waals surface area contributed by atoms with Gasteiger partial charge < -0.3 is 20.1 Å². The molecule has 3 N–H and O–H groups in total. The molecule has 22 heavy (non-hydrogen) atoms. The number of aliphatic hydroxyl groups is 3. The number of cyclic esters (lactones) is 1. The van der Waals surface area contributed by atoms with E-state index >= 15 is 0 Å². The zero-order valence-corrected chi connectivity index (χ0v) is 15.4. The molecule has 0 spiro atoms. The Balaban J connectivity index is 3.07. The molecular formula is C16H25IO5. The Labute approximate surface area is 145 Å². The first-order valence-corrected chi connectivity index (χ1v) is 8.65. The van der Waals surface area contributed by atoms with E-state index in [1.807, 2.05) is 17.9 Å². The SMILES string of the molecule is C/C(=C\I)[C@H]1OC(=O)C[C@H](O)CC[C@@](C)(O)[C@@H](O)/C=C\[C@@H]1C. The highest BCUT2D eigenvalue weighted by Gasteiger charge is 2.31. The molecule has 1 rings (SSSR count). The summed E-state index contributed by atoms with van der Waals surface area (Å²) in [7, 11) is 0. The number of carbonyl (C=O) groups is 1. The summed E-state index contributed by atoms with van der Waals surface area (Å²) in [5.41, 5.74) is -0.455. The van der Waals surface area contributed by atoms with Crippen LogP contribution in [0.15, 0.2) is 21.8 Å². The Kier molecular flexibility index (Phi) is 7.51. The summed E-state index contributed by atoms with van der Waals surface area (Å²) in [5, 5.41) is 30.3. The van der Waals surface area contributed by atoms with Crippen molar-refractivity contribution in [3.05, 3.63) is 21.8 Å². The van der Waals surface area contributed by atoms with Gasteiger partial charge in [0.25, 0.3) is 0 Å². The molecule has 0 amide bonds. The largest absolute Gasteiger partial charge is 0.457 e. The van der Waals surface area contributed by atoms with Crippen molar-refractivity contribution >= 4 is 28.6 Å². The molecule has 1 aliphatic heterocycles. The van der Waals surface area contributed by atoms with E-state index in [1.165, 1.54) is 13.0 Å². The van der Waals surface area contributed by atoms with Crippen LogP contribution in [0, 0.1) is 5.92 Å². The van der Waals surface area contributed by atoms with Crippen molar-refractivity contribution in [1.82, 2.24) is 0 Å². The summed E-state index contributed by atoms with van der Waals surface area (Å²) in [4.78, 5) is 12.0. The molecule has 5 nitrogen and oxygen atoms in total. The Morgan fingerprint density at radius 2 is 2.09 bits per heavy atom. The zero-order valence-electron chi connectivity index (χ0n) is 13.2. The third-order valence-electron chi connectivity index (χ3n) is 3.98. The van der Waals surface area contributed by atoms with E-state index in [9.17, 15) is 20.1 Å². The van der Waals surface area contributed by atoms with Crippen LogP contribution < -0.4 is 0 Å². The minimum atomic E-state index is -1.34. The maximum absolute atomic E-state index is 12.0. The number of rotatable bonds is 1. The van der Waals surface area contributed by atoms with Gasteiger partial charge in [0.1, 0.15) is 12.2 Å². The van der Waals surface area contributed by atoms with Crippen LogP contribution in [0.25, 0.3) is 0 Å². The van der Waals surface area contributed by atoms with Crippen LogP contribution in [0.5, 0.6) is 0 Å². The van der Waals surface area contributed by atoms with E-state index in [0.29, 0.717) is 0 Å². The molecule has 0 radical (unpaired) electrons. The average Bonchev–Trinajstić information content (AvgIpc) is 2.46. The number of aliphatic hydroxyl groups excluding tert-OH is 2. The lowest BCUT2D eigenvalue weighted by atomic mass is 9.89. The van der Waals surface area contributed by atoms with Gasteiger partial charge in [-0.1, -0.05) is 41.7 Å². The fraction of sp³-hybridized carbons (Fsp3) is 0.688. The van der Waals surface area contributed by atoms with Crippen molar-refractivity contribution in [3.8, 4) is 0 Å². The van der Waals surface area contributed by atoms with E-state index in [-0.39, 0.29) is 25.2 Å². The summed E-state index contributed by atoms with van der Waals surface area (Å²) in [6, 6.07) is 0. The van der Waals surface area contributed by atoms with Crippen LogP contribution in [-0.2, 0) is 9.53 Å². The lowest BCUT2D eigenvalue weighted by Gasteiger charge is -2.30. The van der Waals surface area contributed by atoms with E-state index in [4.69, 9.17) is 4.74 Å². The molecule has 0 bridgehead atoms. The molecule has 1 aliphatic rings. The number of esters is 1. The second kappa shape index (κ2) is 8.42. The van der Waals surface area contributed by atoms with Gasteiger partial charge in [-0.2, -0.15) is 0 Å². The van der Waals surface area contributed by atoms with Crippen molar-refractivity contribution in [1.29, 1.82) is 0 Å². The summed E-state index contributed by atoms with van der Waals surface area (Å²) >= 11 is 2.08. The van der Waals surface area contributed by atoms with Gasteiger partial charge in [-0.3, -0.25) is 4.79 Å². The first-order valence-electron chi connectivity index (χ1n) is 7.40. The van der Waals surface area contributed by atoms with Gasteiger partial charge in [-0.15, -0.1) is 0 Å². The Hall–Kier alpha value is -0.440. The molecule has 0 saturated carbocycles. The summed E-state index contributed by atoms with van der Waals surface area (Å²) in [5.74, 6) is -0.617. The standard InChI is InChI=1S/C16H25IO5/c1-10-4-5-13(19)16(3,21)7-6-12(18)8-14(20)22-15(10)11(2)9-17/h4-5,9-10,12-13,15,18-19,21H,6-8H2,1-3H3/b5-4-,11-9+/t10-,12+,13-,15-,16+/m0/s1. The van der Waals surface area contributed by atoms with Crippen LogP contribution in [0.2, 0.25) is 0 Å². The van der Waals surface area contributed by atoms with Gasteiger partial charge in [-0.25, -0.2) is 0 Å². The first kappa shape index (κ1) is 19.6. The Morgan fingerprint density at radius 1 is 1.45 bits per heavy atom. The minimum Gasteiger partial charge on any atom is -0.457 e. The summed E-state index contributed by atoms with van der Waals surface area (Å²) < 4.78 is 7.32. The smallest absolute Gasteiger partial charge is 0.309 e. The second-order valence-corrected chi connectivity index (χ2v) is 6.83. The van der Waals surface area contributed by atoms with Crippen LogP contribution >= 0.6 is 22.6 Å². The fourth-order valence-corrected chi connectivity index (χ4v) is 2.71. The lowest BCUT2D eigenvalue weighted by Crippen LogP contribution is -2.39. The van der Waals surface area contributed by atoms with E-state index < -0.39 is 29.9 Å². The normalized spacial score (nSPS) is 40.3. The quantitative estimate of drug-likeness (QED) is 0.341. The van der Waals surface area contributed by atoms with Crippen molar-refractivity contribution in [2.45, 2.75) is 63.9 Å². The van der Waals surface area contributed by atoms with E-state index in [2.05, 4.69) is 22.6 Å². The fourth-order valence-electron chi connectivity index (χ4n) is 2.36. The Morgan fingerprint density at radius 3 is 2.68 bits per heavy atom. The van der Waals surface area contributed by atoms with Crippen LogP contribution in [-0.4, -0.2) is 45.2 Å². The zero-order chi connectivity index (χ0) is 16.9. The molecule has 0 aromatic rings. The molecular weight excluding hydrogens is 399 g/mol. The molecule has 6 heteroatoms. The van der Waals surface area contributed by atoms with E-state index in [1.54, 1.807) is 6.08 Å².